The number of carboxylic acid groups (broad SMARTS) is 1. The molecule has 0 atom stereocenters. The van der Waals surface area contributed by atoms with Crippen LogP contribution in [0.1, 0.15) is 46.8 Å². The maximum atomic E-state index is 13.5. The number of aryl methyl sites for hydroxylation is 2. The Bertz CT molecular complexity index is 1260. The highest BCUT2D eigenvalue weighted by Gasteiger charge is 2.32. The molecule has 0 fully saturated rings. The second-order valence-corrected chi connectivity index (χ2v) is 9.95. The molecule has 186 valence electrons. The zero-order chi connectivity index (χ0) is 25.6. The molecule has 0 heterocycles. The third-order valence-electron chi connectivity index (χ3n) is 5.63. The summed E-state index contributed by atoms with van der Waals surface area (Å²) < 4.78 is 67.2. The fourth-order valence-electron chi connectivity index (χ4n) is 3.67. The number of aromatic carboxylic acids is 1. The maximum Gasteiger partial charge on any atom is 0.416 e. The third kappa shape index (κ3) is 6.42. The van der Waals surface area contributed by atoms with E-state index < -0.39 is 27.7 Å². The number of sulfonamides is 1. The molecule has 0 bridgehead atoms. The summed E-state index contributed by atoms with van der Waals surface area (Å²) in [5, 5.41) is 9.06. The summed E-state index contributed by atoms with van der Waals surface area (Å²) in [7, 11) is -4.11. The van der Waals surface area contributed by atoms with Crippen LogP contribution >= 0.6 is 0 Å². The van der Waals surface area contributed by atoms with E-state index in [2.05, 4.69) is 0 Å². The van der Waals surface area contributed by atoms with Gasteiger partial charge in [-0.15, -0.1) is 0 Å². The number of halogens is 3. The van der Waals surface area contributed by atoms with Gasteiger partial charge in [0.05, 0.1) is 21.7 Å². The average molecular weight is 506 g/mol. The topological polar surface area (TPSA) is 74.7 Å². The highest BCUT2D eigenvalue weighted by atomic mass is 32.2. The number of anilines is 1. The number of nitrogens with zero attached hydrogens (tertiary/aromatic N) is 1. The summed E-state index contributed by atoms with van der Waals surface area (Å²) in [4.78, 5) is 10.9. The lowest BCUT2D eigenvalue weighted by atomic mass is 10.0. The fraction of sp³-hybridized carbons (Fsp3) is 0.269. The van der Waals surface area contributed by atoms with Gasteiger partial charge >= 0.3 is 12.1 Å². The zero-order valence-electron chi connectivity index (χ0n) is 19.1. The molecule has 0 saturated carbocycles. The van der Waals surface area contributed by atoms with Crippen molar-refractivity contribution >= 4 is 21.7 Å². The molecule has 0 aromatic heterocycles. The van der Waals surface area contributed by atoms with Crippen LogP contribution in [0.25, 0.3) is 0 Å². The summed E-state index contributed by atoms with van der Waals surface area (Å²) in [5.74, 6) is -1.01. The Kier molecular flexibility index (Phi) is 8.22. The van der Waals surface area contributed by atoms with Crippen LogP contribution in [0, 0.1) is 0 Å². The highest BCUT2D eigenvalue weighted by molar-refractivity contribution is 7.92. The van der Waals surface area contributed by atoms with Gasteiger partial charge in [-0.05, 0) is 72.9 Å². The van der Waals surface area contributed by atoms with Crippen molar-refractivity contribution in [1.29, 1.82) is 0 Å². The van der Waals surface area contributed by atoms with Crippen molar-refractivity contribution in [2.24, 2.45) is 0 Å². The summed E-state index contributed by atoms with van der Waals surface area (Å²) in [6.45, 7) is 2.11. The summed E-state index contributed by atoms with van der Waals surface area (Å²) in [6.07, 6.45) is -2.20. The Morgan fingerprint density at radius 2 is 1.54 bits per heavy atom. The lowest BCUT2D eigenvalue weighted by Crippen LogP contribution is -2.33. The van der Waals surface area contributed by atoms with Crippen molar-refractivity contribution in [2.45, 2.75) is 43.7 Å². The normalized spacial score (nSPS) is 11.9. The molecule has 5 nitrogen and oxygen atoms in total. The van der Waals surface area contributed by atoms with Crippen molar-refractivity contribution in [3.63, 3.8) is 0 Å². The van der Waals surface area contributed by atoms with E-state index in [4.69, 9.17) is 5.11 Å². The van der Waals surface area contributed by atoms with Gasteiger partial charge in [0.1, 0.15) is 0 Å². The first kappa shape index (κ1) is 26.3. The highest BCUT2D eigenvalue weighted by Crippen LogP contribution is 2.32. The average Bonchev–Trinajstić information content (AvgIpc) is 2.83. The minimum Gasteiger partial charge on any atom is -0.478 e. The van der Waals surface area contributed by atoms with Crippen LogP contribution in [0.15, 0.2) is 77.7 Å². The molecule has 0 aliphatic rings. The molecular weight excluding hydrogens is 479 g/mol. The minimum atomic E-state index is -4.56. The van der Waals surface area contributed by atoms with E-state index >= 15 is 0 Å². The number of hydrogen-bond acceptors (Lipinski definition) is 3. The quantitative estimate of drug-likeness (QED) is 0.357. The number of carbonyl (C=O) groups is 1. The van der Waals surface area contributed by atoms with E-state index in [9.17, 15) is 26.4 Å². The van der Waals surface area contributed by atoms with Crippen molar-refractivity contribution in [3.8, 4) is 0 Å². The number of para-hydroxylation sites is 1. The molecule has 0 saturated heterocycles. The van der Waals surface area contributed by atoms with Gasteiger partial charge in [0.25, 0.3) is 10.0 Å². The summed E-state index contributed by atoms with van der Waals surface area (Å²) in [6, 6.07) is 17.1. The Hall–Kier alpha value is -3.33. The largest absolute Gasteiger partial charge is 0.478 e. The van der Waals surface area contributed by atoms with E-state index in [1.807, 2.05) is 13.0 Å². The van der Waals surface area contributed by atoms with Crippen LogP contribution in [-0.2, 0) is 29.0 Å². The van der Waals surface area contributed by atoms with Crippen molar-refractivity contribution < 1.29 is 31.5 Å². The van der Waals surface area contributed by atoms with E-state index in [1.54, 1.807) is 30.3 Å². The Labute approximate surface area is 202 Å². The van der Waals surface area contributed by atoms with E-state index in [-0.39, 0.29) is 17.0 Å². The number of carboxylic acids is 1. The van der Waals surface area contributed by atoms with Crippen LogP contribution in [-0.4, -0.2) is 26.0 Å². The molecular formula is C26H26F3NO4S. The number of benzene rings is 3. The number of alkyl halides is 3. The molecule has 3 aromatic carbocycles. The Balaban J connectivity index is 1.92. The molecule has 0 amide bonds. The minimum absolute atomic E-state index is 0.183. The van der Waals surface area contributed by atoms with Crippen molar-refractivity contribution in [3.05, 3.63) is 95.1 Å². The smallest absolute Gasteiger partial charge is 0.416 e. The number of rotatable bonds is 10. The molecule has 0 unspecified atom stereocenters. The van der Waals surface area contributed by atoms with Gasteiger partial charge in [-0.1, -0.05) is 43.7 Å². The molecule has 35 heavy (non-hydrogen) atoms. The summed E-state index contributed by atoms with van der Waals surface area (Å²) >= 11 is 0. The van der Waals surface area contributed by atoms with Gasteiger partial charge in [-0.25, -0.2) is 13.2 Å². The van der Waals surface area contributed by atoms with Gasteiger partial charge in [0, 0.05) is 6.54 Å². The van der Waals surface area contributed by atoms with Crippen LogP contribution in [0.5, 0.6) is 0 Å². The van der Waals surface area contributed by atoms with Crippen LogP contribution in [0.3, 0.4) is 0 Å². The molecule has 0 aliphatic heterocycles. The monoisotopic (exact) mass is 505 g/mol. The van der Waals surface area contributed by atoms with Gasteiger partial charge < -0.3 is 5.11 Å². The van der Waals surface area contributed by atoms with Gasteiger partial charge in [0.2, 0.25) is 0 Å². The maximum absolute atomic E-state index is 13.5. The molecule has 0 radical (unpaired) electrons. The molecule has 3 aromatic rings. The predicted molar refractivity (Wildman–Crippen MR) is 128 cm³/mol. The standard InChI is InChI=1S/C26H26F3NO4S/c1-2-3-18-30(35(33,34)23-16-14-22(15-17-23)26(27,28)29)24-7-5-4-6-20(24)11-8-19-9-12-21(13-10-19)25(31)32/h4-7,9-10,12-17H,2-3,8,11,18H2,1H3,(H,31,32). The molecule has 0 spiro atoms. The zero-order valence-corrected chi connectivity index (χ0v) is 19.9. The Morgan fingerprint density at radius 1 is 0.914 bits per heavy atom. The van der Waals surface area contributed by atoms with Crippen LogP contribution in [0.2, 0.25) is 0 Å². The molecule has 9 heteroatoms. The van der Waals surface area contributed by atoms with E-state index in [0.29, 0.717) is 24.9 Å². The second-order valence-electron chi connectivity index (χ2n) is 8.08. The third-order valence-corrected chi connectivity index (χ3v) is 7.46. The first-order chi connectivity index (χ1) is 16.5. The molecule has 1 N–H and O–H groups in total. The second kappa shape index (κ2) is 10.9. The van der Waals surface area contributed by atoms with Crippen LogP contribution in [0.4, 0.5) is 18.9 Å². The fourth-order valence-corrected chi connectivity index (χ4v) is 5.21. The van der Waals surface area contributed by atoms with E-state index in [1.165, 1.54) is 16.4 Å². The van der Waals surface area contributed by atoms with Gasteiger partial charge in [0.15, 0.2) is 0 Å². The molecule has 0 aliphatic carbocycles. The van der Waals surface area contributed by atoms with Gasteiger partial charge in [-0.2, -0.15) is 13.2 Å². The first-order valence-corrected chi connectivity index (χ1v) is 12.6. The Morgan fingerprint density at radius 3 is 2.11 bits per heavy atom. The molecule has 3 rings (SSSR count). The van der Waals surface area contributed by atoms with Crippen molar-refractivity contribution in [2.75, 3.05) is 10.8 Å². The van der Waals surface area contributed by atoms with E-state index in [0.717, 1.165) is 41.8 Å². The van der Waals surface area contributed by atoms with Crippen molar-refractivity contribution in [1.82, 2.24) is 0 Å². The number of hydrogen-bond donors (Lipinski definition) is 1. The number of unbranched alkanes of at least 4 members (excludes halogenated alkanes) is 1. The lowest BCUT2D eigenvalue weighted by Gasteiger charge is -2.27. The lowest BCUT2D eigenvalue weighted by molar-refractivity contribution is -0.137. The predicted octanol–water partition coefficient (Wildman–Crippen LogP) is 6.18. The summed E-state index contributed by atoms with van der Waals surface area (Å²) in [5.41, 5.74) is 1.41. The van der Waals surface area contributed by atoms with Crippen LogP contribution < -0.4 is 4.31 Å². The SMILES string of the molecule is CCCCN(c1ccccc1CCc1ccc(C(=O)O)cc1)S(=O)(=O)c1ccc(C(F)(F)F)cc1. The van der Waals surface area contributed by atoms with Gasteiger partial charge in [-0.3, -0.25) is 4.31 Å². The first-order valence-electron chi connectivity index (χ1n) is 11.1.